The summed E-state index contributed by atoms with van der Waals surface area (Å²) >= 11 is 0. The molecule has 2 amide bonds. The first kappa shape index (κ1) is 26.6. The van der Waals surface area contributed by atoms with E-state index in [1.54, 1.807) is 0 Å². The van der Waals surface area contributed by atoms with Crippen molar-refractivity contribution in [3.8, 4) is 0 Å². The van der Waals surface area contributed by atoms with Crippen LogP contribution in [0.4, 0.5) is 18.9 Å². The molecule has 0 spiro atoms. The van der Waals surface area contributed by atoms with E-state index in [0.29, 0.717) is 18.1 Å². The fourth-order valence-corrected chi connectivity index (χ4v) is 4.43. The summed E-state index contributed by atoms with van der Waals surface area (Å²) in [6.45, 7) is 1.57. The second-order valence-electron chi connectivity index (χ2n) is 8.72. The summed E-state index contributed by atoms with van der Waals surface area (Å²) in [5.41, 5.74) is -2.54. The number of aliphatic hydroxyl groups excluding tert-OH is 1. The van der Waals surface area contributed by atoms with E-state index in [9.17, 15) is 41.4 Å². The number of aliphatic hydroxyl groups is 2. The number of fused-ring (bicyclic) bond motifs is 1. The average molecular weight is 515 g/mol. The summed E-state index contributed by atoms with van der Waals surface area (Å²) in [5.74, 6) is -2.02. The number of hydrogen-bond donors (Lipinski definition) is 3. The van der Waals surface area contributed by atoms with Gasteiger partial charge in [0.1, 0.15) is 6.04 Å². The predicted molar refractivity (Wildman–Crippen MR) is 120 cm³/mol. The highest BCUT2D eigenvalue weighted by Gasteiger charge is 2.51. The molecule has 0 aromatic heterocycles. The zero-order valence-corrected chi connectivity index (χ0v) is 19.9. The smallest absolute Gasteiger partial charge is 0.396 e. The van der Waals surface area contributed by atoms with Crippen LogP contribution >= 0.6 is 0 Å². The lowest BCUT2D eigenvalue weighted by atomic mass is 9.95. The van der Waals surface area contributed by atoms with Crippen LogP contribution in [-0.4, -0.2) is 54.4 Å². The Kier molecular flexibility index (Phi) is 7.04. The number of halogens is 3. The van der Waals surface area contributed by atoms with Gasteiger partial charge in [-0.2, -0.15) is 13.2 Å². The molecule has 3 rings (SSSR count). The van der Waals surface area contributed by atoms with Crippen molar-refractivity contribution in [3.63, 3.8) is 0 Å². The van der Waals surface area contributed by atoms with Gasteiger partial charge in [0.05, 0.1) is 17.4 Å². The summed E-state index contributed by atoms with van der Waals surface area (Å²) < 4.78 is 63.1. The highest BCUT2D eigenvalue weighted by Crippen LogP contribution is 2.39. The van der Waals surface area contributed by atoms with Crippen LogP contribution in [0.1, 0.15) is 36.6 Å². The number of carbonyl (C=O) groups is 2. The van der Waals surface area contributed by atoms with Gasteiger partial charge in [-0.1, -0.05) is 25.1 Å². The van der Waals surface area contributed by atoms with E-state index in [1.165, 1.54) is 42.2 Å². The highest BCUT2D eigenvalue weighted by atomic mass is 32.2. The molecule has 0 fully saturated rings. The van der Waals surface area contributed by atoms with Crippen molar-refractivity contribution < 1.29 is 41.4 Å². The number of benzene rings is 2. The third kappa shape index (κ3) is 5.19. The largest absolute Gasteiger partial charge is 0.421 e. The summed E-state index contributed by atoms with van der Waals surface area (Å²) in [6.07, 6.45) is -3.87. The number of anilines is 1. The van der Waals surface area contributed by atoms with Crippen molar-refractivity contribution in [2.24, 2.45) is 5.92 Å². The molecule has 0 saturated carbocycles. The van der Waals surface area contributed by atoms with Crippen LogP contribution in [0, 0.1) is 5.92 Å². The Morgan fingerprint density at radius 2 is 1.77 bits per heavy atom. The van der Waals surface area contributed by atoms with Crippen LogP contribution < -0.4 is 5.32 Å². The van der Waals surface area contributed by atoms with Crippen molar-refractivity contribution in [1.29, 1.82) is 0 Å². The first-order valence-corrected chi connectivity index (χ1v) is 12.4. The second-order valence-corrected chi connectivity index (χ2v) is 10.7. The molecule has 0 aliphatic carbocycles. The maximum Gasteiger partial charge on any atom is 0.421 e. The van der Waals surface area contributed by atoms with E-state index in [-0.39, 0.29) is 17.1 Å². The first-order valence-electron chi connectivity index (χ1n) is 10.5. The van der Waals surface area contributed by atoms with Crippen LogP contribution in [0.2, 0.25) is 0 Å². The highest BCUT2D eigenvalue weighted by molar-refractivity contribution is 7.90. The second kappa shape index (κ2) is 9.25. The molecule has 0 bridgehead atoms. The molecular formula is C23H25F3N2O6S. The van der Waals surface area contributed by atoms with Gasteiger partial charge in [0, 0.05) is 18.5 Å². The Morgan fingerprint density at radius 3 is 2.29 bits per heavy atom. The summed E-state index contributed by atoms with van der Waals surface area (Å²) in [4.78, 5) is 27.3. The normalized spacial score (nSPS) is 18.5. The van der Waals surface area contributed by atoms with Gasteiger partial charge in [0.2, 0.25) is 5.91 Å². The zero-order valence-electron chi connectivity index (χ0n) is 19.1. The van der Waals surface area contributed by atoms with Crippen LogP contribution in [0.25, 0.3) is 0 Å². The number of nitrogens with one attached hydrogen (secondary N) is 1. The number of rotatable bonds is 6. The minimum atomic E-state index is -4.90. The van der Waals surface area contributed by atoms with Gasteiger partial charge in [-0.05, 0) is 47.9 Å². The average Bonchev–Trinajstić information content (AvgIpc) is 3.16. The van der Waals surface area contributed by atoms with Crippen molar-refractivity contribution in [2.45, 2.75) is 43.1 Å². The Balaban J connectivity index is 1.93. The van der Waals surface area contributed by atoms with Gasteiger partial charge in [0.15, 0.2) is 15.4 Å². The van der Waals surface area contributed by atoms with Crippen molar-refractivity contribution in [2.75, 3.05) is 18.2 Å². The Hall–Kier alpha value is -2.96. The molecule has 1 aliphatic rings. The number of hydrogen-bond acceptors (Lipinski definition) is 6. The van der Waals surface area contributed by atoms with E-state index in [0.717, 1.165) is 18.4 Å². The predicted octanol–water partition coefficient (Wildman–Crippen LogP) is 2.51. The molecule has 3 atom stereocenters. The van der Waals surface area contributed by atoms with E-state index < -0.39 is 57.6 Å². The lowest BCUT2D eigenvalue weighted by Gasteiger charge is -2.27. The lowest BCUT2D eigenvalue weighted by Crippen LogP contribution is -2.40. The van der Waals surface area contributed by atoms with Gasteiger partial charge < -0.3 is 20.4 Å². The van der Waals surface area contributed by atoms with Crippen molar-refractivity contribution in [3.05, 3.63) is 59.2 Å². The van der Waals surface area contributed by atoms with Gasteiger partial charge >= 0.3 is 6.18 Å². The van der Waals surface area contributed by atoms with Crippen LogP contribution in [-0.2, 0) is 31.6 Å². The molecule has 1 aliphatic heterocycles. The molecule has 2 aromatic rings. The summed E-state index contributed by atoms with van der Waals surface area (Å²) in [5, 5.41) is 21.8. The van der Waals surface area contributed by atoms with E-state index in [1.807, 2.05) is 0 Å². The molecule has 2 aromatic carbocycles. The number of nitrogens with zero attached hydrogens (tertiary/aromatic N) is 1. The monoisotopic (exact) mass is 514 g/mol. The maximum atomic E-state index is 13.2. The van der Waals surface area contributed by atoms with Gasteiger partial charge in [0.25, 0.3) is 5.91 Å². The maximum absolute atomic E-state index is 13.2. The molecule has 190 valence electrons. The van der Waals surface area contributed by atoms with Crippen molar-refractivity contribution in [1.82, 2.24) is 4.90 Å². The van der Waals surface area contributed by atoms with Crippen molar-refractivity contribution >= 4 is 27.3 Å². The molecule has 0 radical (unpaired) electrons. The molecular weight excluding hydrogens is 489 g/mol. The quantitative estimate of drug-likeness (QED) is 0.544. The first-order chi connectivity index (χ1) is 16.1. The fourth-order valence-electron chi connectivity index (χ4n) is 3.76. The molecule has 12 heteroatoms. The number of carbonyl (C=O) groups excluding carboxylic acids is 2. The van der Waals surface area contributed by atoms with E-state index in [4.69, 9.17) is 0 Å². The Bertz CT molecular complexity index is 1240. The van der Waals surface area contributed by atoms with Crippen LogP contribution in [0.5, 0.6) is 0 Å². The number of amides is 2. The molecule has 1 heterocycles. The van der Waals surface area contributed by atoms with Crippen LogP contribution in [0.3, 0.4) is 0 Å². The molecule has 3 unspecified atom stereocenters. The van der Waals surface area contributed by atoms with Gasteiger partial charge in [-0.25, -0.2) is 8.42 Å². The standard InChI is InChI=1S/C23H25F3N2O6S/c1-13(12-29)21(31)28-11-14-10-17(35(3,33)34)8-9-18(14)19(28)20(30)27-16-6-4-15(5-7-16)22(2,32)23(24,25)26/h4-10,13,19,29,32H,11-12H2,1-3H3,(H,27,30). The third-order valence-electron chi connectivity index (χ3n) is 5.98. The topological polar surface area (TPSA) is 124 Å². The summed E-state index contributed by atoms with van der Waals surface area (Å²) in [6, 6.07) is 7.44. The lowest BCUT2D eigenvalue weighted by molar-refractivity contribution is -0.258. The SMILES string of the molecule is CC(CO)C(=O)N1Cc2cc(S(C)(=O)=O)ccc2C1C(=O)Nc1ccc(C(C)(O)C(F)(F)F)cc1. The minimum absolute atomic E-state index is 0.0206. The molecule has 3 N–H and O–H groups in total. The Morgan fingerprint density at radius 1 is 1.17 bits per heavy atom. The van der Waals surface area contributed by atoms with Crippen LogP contribution in [0.15, 0.2) is 47.4 Å². The molecule has 8 nitrogen and oxygen atoms in total. The summed E-state index contributed by atoms with van der Waals surface area (Å²) in [7, 11) is -3.54. The Labute approximate surface area is 200 Å². The third-order valence-corrected chi connectivity index (χ3v) is 7.09. The zero-order chi connectivity index (χ0) is 26.3. The number of sulfone groups is 1. The van der Waals surface area contributed by atoms with Gasteiger partial charge in [-0.3, -0.25) is 9.59 Å². The van der Waals surface area contributed by atoms with Gasteiger partial charge in [-0.15, -0.1) is 0 Å². The minimum Gasteiger partial charge on any atom is -0.396 e. The van der Waals surface area contributed by atoms with E-state index in [2.05, 4.69) is 5.32 Å². The molecule has 0 saturated heterocycles. The fraction of sp³-hybridized carbons (Fsp3) is 0.391. The number of alkyl halides is 3. The molecule has 35 heavy (non-hydrogen) atoms. The van der Waals surface area contributed by atoms with E-state index >= 15 is 0 Å².